The highest BCUT2D eigenvalue weighted by molar-refractivity contribution is 6.30. The van der Waals surface area contributed by atoms with Crippen LogP contribution < -0.4 is 0 Å². The van der Waals surface area contributed by atoms with Gasteiger partial charge in [0, 0.05) is 29.2 Å². The molecule has 1 aliphatic carbocycles. The van der Waals surface area contributed by atoms with E-state index < -0.39 is 10.9 Å². The standard InChI is InChI=1S/C14H17ClN2O4/c15-11-5-6-13(17(20)21)10(7-11)8-16(9-14(18)19)12-3-1-2-4-12/h5-7,12H,1-4,8-9H2,(H,18,19). The molecule has 0 aromatic heterocycles. The lowest BCUT2D eigenvalue weighted by Crippen LogP contribution is -2.37. The maximum Gasteiger partial charge on any atom is 0.317 e. The number of halogens is 1. The van der Waals surface area contributed by atoms with Crippen molar-refractivity contribution in [3.05, 3.63) is 38.9 Å². The molecule has 0 unspecified atom stereocenters. The van der Waals surface area contributed by atoms with E-state index in [2.05, 4.69) is 0 Å². The van der Waals surface area contributed by atoms with Crippen LogP contribution in [0.25, 0.3) is 0 Å². The second kappa shape index (κ2) is 6.87. The molecule has 1 aromatic carbocycles. The average Bonchev–Trinajstić information content (AvgIpc) is 2.90. The molecule has 1 aliphatic rings. The molecular weight excluding hydrogens is 296 g/mol. The highest BCUT2D eigenvalue weighted by Gasteiger charge is 2.26. The first-order valence-corrected chi connectivity index (χ1v) is 7.24. The van der Waals surface area contributed by atoms with E-state index >= 15 is 0 Å². The first-order valence-electron chi connectivity index (χ1n) is 6.86. The van der Waals surface area contributed by atoms with Crippen molar-refractivity contribution in [3.63, 3.8) is 0 Å². The van der Waals surface area contributed by atoms with Gasteiger partial charge in [-0.1, -0.05) is 24.4 Å². The fraction of sp³-hybridized carbons (Fsp3) is 0.500. The minimum Gasteiger partial charge on any atom is -0.480 e. The lowest BCUT2D eigenvalue weighted by molar-refractivity contribution is -0.385. The van der Waals surface area contributed by atoms with E-state index in [-0.39, 0.29) is 24.8 Å². The van der Waals surface area contributed by atoms with E-state index in [1.807, 2.05) is 0 Å². The molecule has 1 saturated carbocycles. The molecule has 0 amide bonds. The van der Waals surface area contributed by atoms with Gasteiger partial charge in [-0.25, -0.2) is 0 Å². The van der Waals surface area contributed by atoms with Crippen molar-refractivity contribution in [1.29, 1.82) is 0 Å². The number of aliphatic carboxylic acids is 1. The summed E-state index contributed by atoms with van der Waals surface area (Å²) in [7, 11) is 0. The molecule has 21 heavy (non-hydrogen) atoms. The number of nitro groups is 1. The summed E-state index contributed by atoms with van der Waals surface area (Å²) in [5, 5.41) is 20.6. The zero-order valence-electron chi connectivity index (χ0n) is 11.5. The van der Waals surface area contributed by atoms with Gasteiger partial charge in [-0.2, -0.15) is 0 Å². The number of nitrogens with zero attached hydrogens (tertiary/aromatic N) is 2. The molecular formula is C14H17ClN2O4. The van der Waals surface area contributed by atoms with Gasteiger partial charge in [-0.05, 0) is 25.0 Å². The van der Waals surface area contributed by atoms with E-state index in [0.29, 0.717) is 10.6 Å². The zero-order chi connectivity index (χ0) is 15.4. The number of benzene rings is 1. The molecule has 0 atom stereocenters. The van der Waals surface area contributed by atoms with Crippen LogP contribution in [0, 0.1) is 10.1 Å². The minimum absolute atomic E-state index is 0.0206. The first-order chi connectivity index (χ1) is 9.97. The Morgan fingerprint density at radius 2 is 2.10 bits per heavy atom. The molecule has 0 aliphatic heterocycles. The number of carbonyl (C=O) groups is 1. The number of carboxylic acid groups (broad SMARTS) is 1. The van der Waals surface area contributed by atoms with Crippen LogP contribution in [-0.4, -0.2) is 33.5 Å². The van der Waals surface area contributed by atoms with Gasteiger partial charge < -0.3 is 5.11 Å². The molecule has 6 nitrogen and oxygen atoms in total. The third-order valence-electron chi connectivity index (χ3n) is 3.79. The fourth-order valence-electron chi connectivity index (χ4n) is 2.83. The van der Waals surface area contributed by atoms with Crippen LogP contribution >= 0.6 is 11.6 Å². The number of nitro benzene ring substituents is 1. The van der Waals surface area contributed by atoms with E-state index in [0.717, 1.165) is 25.7 Å². The topological polar surface area (TPSA) is 83.7 Å². The Hall–Kier alpha value is -1.66. The molecule has 0 radical (unpaired) electrons. The van der Waals surface area contributed by atoms with Crippen molar-refractivity contribution < 1.29 is 14.8 Å². The minimum atomic E-state index is -0.924. The van der Waals surface area contributed by atoms with E-state index in [1.165, 1.54) is 12.1 Å². The lowest BCUT2D eigenvalue weighted by atomic mass is 10.1. The van der Waals surface area contributed by atoms with E-state index in [1.54, 1.807) is 11.0 Å². The Kier molecular flexibility index (Phi) is 5.14. The Bertz CT molecular complexity index is 544. The molecule has 1 aromatic rings. The first kappa shape index (κ1) is 15.7. The molecule has 0 heterocycles. The molecule has 7 heteroatoms. The van der Waals surface area contributed by atoms with Crippen molar-refractivity contribution >= 4 is 23.3 Å². The summed E-state index contributed by atoms with van der Waals surface area (Å²) in [6, 6.07) is 4.55. The summed E-state index contributed by atoms with van der Waals surface area (Å²) < 4.78 is 0. The Morgan fingerprint density at radius 1 is 1.43 bits per heavy atom. The van der Waals surface area contributed by atoms with Gasteiger partial charge in [0.15, 0.2) is 0 Å². The quantitative estimate of drug-likeness (QED) is 0.644. The van der Waals surface area contributed by atoms with Crippen LogP contribution in [0.15, 0.2) is 18.2 Å². The number of hydrogen-bond donors (Lipinski definition) is 1. The monoisotopic (exact) mass is 312 g/mol. The van der Waals surface area contributed by atoms with Crippen LogP contribution in [0.4, 0.5) is 5.69 Å². The van der Waals surface area contributed by atoms with E-state index in [4.69, 9.17) is 16.7 Å². The van der Waals surface area contributed by atoms with Crippen LogP contribution in [0.3, 0.4) is 0 Å². The van der Waals surface area contributed by atoms with Gasteiger partial charge in [0.05, 0.1) is 11.5 Å². The SMILES string of the molecule is O=C(O)CN(Cc1cc(Cl)ccc1[N+](=O)[O-])C1CCCC1. The summed E-state index contributed by atoms with van der Waals surface area (Å²) >= 11 is 5.91. The van der Waals surface area contributed by atoms with Crippen molar-refractivity contribution in [1.82, 2.24) is 4.90 Å². The number of carboxylic acids is 1. The van der Waals surface area contributed by atoms with Crippen LogP contribution in [0.5, 0.6) is 0 Å². The summed E-state index contributed by atoms with van der Waals surface area (Å²) in [4.78, 5) is 23.5. The maximum atomic E-state index is 11.1. The van der Waals surface area contributed by atoms with Crippen LogP contribution in [0.2, 0.25) is 5.02 Å². The van der Waals surface area contributed by atoms with Crippen molar-refractivity contribution in [2.75, 3.05) is 6.54 Å². The lowest BCUT2D eigenvalue weighted by Gasteiger charge is -2.27. The largest absolute Gasteiger partial charge is 0.480 e. The molecule has 2 rings (SSSR count). The second-order valence-corrected chi connectivity index (χ2v) is 5.70. The van der Waals surface area contributed by atoms with Crippen LogP contribution in [0.1, 0.15) is 31.2 Å². The molecule has 0 saturated heterocycles. The summed E-state index contributed by atoms with van der Waals surface area (Å²) in [5.41, 5.74) is 0.438. The maximum absolute atomic E-state index is 11.1. The normalized spacial score (nSPS) is 15.5. The van der Waals surface area contributed by atoms with Crippen molar-refractivity contribution in [2.24, 2.45) is 0 Å². The van der Waals surface area contributed by atoms with Crippen LogP contribution in [-0.2, 0) is 11.3 Å². The van der Waals surface area contributed by atoms with Crippen molar-refractivity contribution in [3.8, 4) is 0 Å². The molecule has 1 N–H and O–H groups in total. The summed E-state index contributed by atoms with van der Waals surface area (Å²) in [6.45, 7) is 0.113. The predicted octanol–water partition coefficient (Wildman–Crippen LogP) is 3.08. The third-order valence-corrected chi connectivity index (χ3v) is 4.03. The highest BCUT2D eigenvalue weighted by atomic mass is 35.5. The van der Waals surface area contributed by atoms with Gasteiger partial charge in [0.25, 0.3) is 5.69 Å². The van der Waals surface area contributed by atoms with Crippen molar-refractivity contribution in [2.45, 2.75) is 38.3 Å². The molecule has 1 fully saturated rings. The second-order valence-electron chi connectivity index (χ2n) is 5.27. The number of hydrogen-bond acceptors (Lipinski definition) is 4. The highest BCUT2D eigenvalue weighted by Crippen LogP contribution is 2.28. The Labute approximate surface area is 127 Å². The van der Waals surface area contributed by atoms with E-state index in [9.17, 15) is 14.9 Å². The Balaban J connectivity index is 2.24. The molecule has 0 spiro atoms. The van der Waals surface area contributed by atoms with Gasteiger partial charge in [-0.15, -0.1) is 0 Å². The van der Waals surface area contributed by atoms with Gasteiger partial charge >= 0.3 is 5.97 Å². The molecule has 0 bridgehead atoms. The fourth-order valence-corrected chi connectivity index (χ4v) is 3.03. The molecule has 114 valence electrons. The summed E-state index contributed by atoms with van der Waals surface area (Å²) in [5.74, 6) is -0.924. The van der Waals surface area contributed by atoms with Gasteiger partial charge in [0.1, 0.15) is 0 Å². The predicted molar refractivity (Wildman–Crippen MR) is 78.4 cm³/mol. The van der Waals surface area contributed by atoms with Gasteiger partial charge in [0.2, 0.25) is 0 Å². The van der Waals surface area contributed by atoms with Gasteiger partial charge in [-0.3, -0.25) is 19.8 Å². The average molecular weight is 313 g/mol. The summed E-state index contributed by atoms with van der Waals surface area (Å²) in [6.07, 6.45) is 4.00. The smallest absolute Gasteiger partial charge is 0.317 e. The zero-order valence-corrected chi connectivity index (χ0v) is 12.3. The third kappa shape index (κ3) is 4.15. The Morgan fingerprint density at radius 3 is 2.67 bits per heavy atom. The number of rotatable bonds is 6.